The molecule has 0 bridgehead atoms. The normalized spacial score (nSPS) is 12.2. The van der Waals surface area contributed by atoms with Gasteiger partial charge in [-0.15, -0.1) is 5.10 Å². The Hall–Kier alpha value is -2.28. The van der Waals surface area contributed by atoms with Crippen LogP contribution in [-0.4, -0.2) is 37.6 Å². The van der Waals surface area contributed by atoms with Gasteiger partial charge in [0.05, 0.1) is 0 Å². The molecule has 108 valence electrons. The summed E-state index contributed by atoms with van der Waals surface area (Å²) in [6.07, 6.45) is 5.25. The van der Waals surface area contributed by atoms with E-state index in [4.69, 9.17) is 0 Å². The van der Waals surface area contributed by atoms with Gasteiger partial charge in [-0.3, -0.25) is 9.78 Å². The largest absolute Gasteiger partial charge is 0.377 e. The van der Waals surface area contributed by atoms with Crippen molar-refractivity contribution in [3.8, 4) is 11.4 Å². The molecule has 7 heteroatoms. The van der Waals surface area contributed by atoms with E-state index in [1.54, 1.807) is 12.4 Å². The lowest BCUT2D eigenvalue weighted by atomic mass is 10.3. The lowest BCUT2D eigenvalue weighted by molar-refractivity contribution is 0.458. The highest BCUT2D eigenvalue weighted by Crippen LogP contribution is 2.14. The molecule has 3 rings (SSSR count). The maximum Gasteiger partial charge on any atom is 0.292 e. The van der Waals surface area contributed by atoms with E-state index in [0.29, 0.717) is 15.3 Å². The van der Waals surface area contributed by atoms with Crippen LogP contribution in [0.5, 0.6) is 0 Å². The van der Waals surface area contributed by atoms with Gasteiger partial charge in [0.1, 0.15) is 4.53 Å². The molecule has 0 atom stereocenters. The first kappa shape index (κ1) is 13.7. The zero-order chi connectivity index (χ0) is 14.8. The van der Waals surface area contributed by atoms with Crippen LogP contribution in [0.2, 0.25) is 0 Å². The Morgan fingerprint density at radius 3 is 2.62 bits per heavy atom. The number of thiazole rings is 1. The average molecular weight is 301 g/mol. The minimum Gasteiger partial charge on any atom is -0.377 e. The Labute approximate surface area is 125 Å². The molecule has 0 saturated heterocycles. The van der Waals surface area contributed by atoms with Crippen molar-refractivity contribution in [1.29, 1.82) is 0 Å². The van der Waals surface area contributed by atoms with E-state index < -0.39 is 0 Å². The standard InChI is InChI=1S/C14H15N5OS/c1-3-18(4-2)9-11-13(20)19-14(21-11)16-12(17-19)10-5-7-15-8-6-10/h5-9H,3-4H2,1-2H3/b11-9-. The molecular formula is C14H15N5OS. The van der Waals surface area contributed by atoms with E-state index >= 15 is 0 Å². The maximum atomic E-state index is 12.3. The van der Waals surface area contributed by atoms with E-state index in [0.717, 1.165) is 18.7 Å². The van der Waals surface area contributed by atoms with E-state index in [-0.39, 0.29) is 5.56 Å². The van der Waals surface area contributed by atoms with Crippen LogP contribution in [0, 0.1) is 0 Å². The van der Waals surface area contributed by atoms with Gasteiger partial charge in [-0.1, -0.05) is 11.3 Å². The van der Waals surface area contributed by atoms with Crippen molar-refractivity contribution in [3.63, 3.8) is 0 Å². The summed E-state index contributed by atoms with van der Waals surface area (Å²) in [6, 6.07) is 3.65. The molecule has 3 aromatic heterocycles. The fourth-order valence-electron chi connectivity index (χ4n) is 2.02. The Balaban J connectivity index is 2.09. The van der Waals surface area contributed by atoms with Gasteiger partial charge in [0, 0.05) is 37.2 Å². The Kier molecular flexibility index (Phi) is 3.66. The molecule has 0 saturated carbocycles. The molecule has 3 heterocycles. The summed E-state index contributed by atoms with van der Waals surface area (Å²) in [5.74, 6) is 0.551. The summed E-state index contributed by atoms with van der Waals surface area (Å²) in [7, 11) is 0. The zero-order valence-corrected chi connectivity index (χ0v) is 12.7. The summed E-state index contributed by atoms with van der Waals surface area (Å²) < 4.78 is 2.03. The molecule has 0 aliphatic carbocycles. The first-order valence-electron chi connectivity index (χ1n) is 6.78. The SMILES string of the molecule is CCN(/C=c1\sc2nc(-c3ccncc3)nn2c1=O)CC. The van der Waals surface area contributed by atoms with Crippen LogP contribution in [0.3, 0.4) is 0 Å². The molecule has 6 nitrogen and oxygen atoms in total. The van der Waals surface area contributed by atoms with Crippen LogP contribution in [0.25, 0.3) is 22.5 Å². The minimum atomic E-state index is -0.116. The van der Waals surface area contributed by atoms with E-state index in [1.807, 2.05) is 18.3 Å². The third-order valence-corrected chi connectivity index (χ3v) is 4.18. The van der Waals surface area contributed by atoms with Gasteiger partial charge in [-0.25, -0.2) is 0 Å². The van der Waals surface area contributed by atoms with Gasteiger partial charge in [0.15, 0.2) is 5.82 Å². The van der Waals surface area contributed by atoms with Crippen LogP contribution in [0.1, 0.15) is 13.8 Å². The van der Waals surface area contributed by atoms with Crippen LogP contribution in [0.15, 0.2) is 29.3 Å². The number of aromatic nitrogens is 4. The van der Waals surface area contributed by atoms with Crippen LogP contribution in [0.4, 0.5) is 0 Å². The summed E-state index contributed by atoms with van der Waals surface area (Å²) in [5.41, 5.74) is 0.740. The molecular weight excluding hydrogens is 286 g/mol. The number of hydrogen-bond acceptors (Lipinski definition) is 6. The van der Waals surface area contributed by atoms with Crippen molar-refractivity contribution in [3.05, 3.63) is 39.4 Å². The predicted octanol–water partition coefficient (Wildman–Crippen LogP) is 1.01. The second-order valence-corrected chi connectivity index (χ2v) is 5.50. The summed E-state index contributed by atoms with van der Waals surface area (Å²) in [6.45, 7) is 5.85. The summed E-state index contributed by atoms with van der Waals surface area (Å²) in [4.78, 5) is 23.4. The number of rotatable bonds is 4. The van der Waals surface area contributed by atoms with Gasteiger partial charge < -0.3 is 4.90 Å². The summed E-state index contributed by atoms with van der Waals surface area (Å²) in [5, 5.41) is 4.30. The van der Waals surface area contributed by atoms with E-state index in [1.165, 1.54) is 15.9 Å². The fraction of sp³-hybridized carbons (Fsp3) is 0.286. The van der Waals surface area contributed by atoms with E-state index in [9.17, 15) is 4.79 Å². The van der Waals surface area contributed by atoms with Crippen molar-refractivity contribution in [1.82, 2.24) is 24.5 Å². The molecule has 21 heavy (non-hydrogen) atoms. The fourth-order valence-corrected chi connectivity index (χ4v) is 2.93. The van der Waals surface area contributed by atoms with Crippen LogP contribution < -0.4 is 10.1 Å². The molecule has 0 N–H and O–H groups in total. The highest BCUT2D eigenvalue weighted by Gasteiger charge is 2.11. The number of hydrogen-bond donors (Lipinski definition) is 0. The molecule has 0 amide bonds. The predicted molar refractivity (Wildman–Crippen MR) is 83.0 cm³/mol. The molecule has 0 aromatic carbocycles. The molecule has 0 aliphatic heterocycles. The third-order valence-electron chi connectivity index (χ3n) is 3.23. The first-order chi connectivity index (χ1) is 10.2. The lowest BCUT2D eigenvalue weighted by Gasteiger charge is -2.13. The average Bonchev–Trinajstić information content (AvgIpc) is 3.06. The molecule has 0 spiro atoms. The second-order valence-electron chi connectivity index (χ2n) is 4.49. The van der Waals surface area contributed by atoms with E-state index in [2.05, 4.69) is 33.8 Å². The minimum absolute atomic E-state index is 0.116. The third kappa shape index (κ3) is 2.52. The highest BCUT2D eigenvalue weighted by molar-refractivity contribution is 7.15. The van der Waals surface area contributed by atoms with Crippen molar-refractivity contribution in [2.75, 3.05) is 13.1 Å². The van der Waals surface area contributed by atoms with Crippen molar-refractivity contribution in [2.45, 2.75) is 13.8 Å². The zero-order valence-electron chi connectivity index (χ0n) is 11.9. The van der Waals surface area contributed by atoms with Gasteiger partial charge in [0.25, 0.3) is 5.56 Å². The quantitative estimate of drug-likeness (QED) is 0.720. The topological polar surface area (TPSA) is 63.4 Å². The van der Waals surface area contributed by atoms with Crippen molar-refractivity contribution < 1.29 is 0 Å². The summed E-state index contributed by atoms with van der Waals surface area (Å²) >= 11 is 1.36. The second kappa shape index (κ2) is 5.61. The van der Waals surface area contributed by atoms with Gasteiger partial charge in [0.2, 0.25) is 4.96 Å². The van der Waals surface area contributed by atoms with Gasteiger partial charge in [-0.05, 0) is 26.0 Å². The number of nitrogens with zero attached hydrogens (tertiary/aromatic N) is 5. The van der Waals surface area contributed by atoms with Crippen molar-refractivity contribution in [2.24, 2.45) is 0 Å². The maximum absolute atomic E-state index is 12.3. The smallest absolute Gasteiger partial charge is 0.292 e. The molecule has 0 fully saturated rings. The molecule has 0 radical (unpaired) electrons. The lowest BCUT2D eigenvalue weighted by Crippen LogP contribution is -2.28. The van der Waals surface area contributed by atoms with Crippen molar-refractivity contribution >= 4 is 22.5 Å². The number of pyridine rings is 1. The van der Waals surface area contributed by atoms with Gasteiger partial charge in [-0.2, -0.15) is 9.50 Å². The monoisotopic (exact) mass is 301 g/mol. The Bertz CT molecular complexity index is 851. The Morgan fingerprint density at radius 1 is 1.29 bits per heavy atom. The molecule has 0 unspecified atom stereocenters. The highest BCUT2D eigenvalue weighted by atomic mass is 32.1. The number of fused-ring (bicyclic) bond motifs is 1. The first-order valence-corrected chi connectivity index (χ1v) is 7.60. The van der Waals surface area contributed by atoms with Crippen LogP contribution >= 0.6 is 11.3 Å². The van der Waals surface area contributed by atoms with Crippen LogP contribution in [-0.2, 0) is 0 Å². The molecule has 3 aromatic rings. The molecule has 0 aliphatic rings. The van der Waals surface area contributed by atoms with Gasteiger partial charge >= 0.3 is 0 Å². The Morgan fingerprint density at radius 2 is 2.00 bits per heavy atom.